The quantitative estimate of drug-likeness (QED) is 0.608. The van der Waals surface area contributed by atoms with Crippen LogP contribution in [-0.2, 0) is 4.79 Å². The molecule has 0 aliphatic rings. The molecule has 0 aliphatic carbocycles. The monoisotopic (exact) mass is 305 g/mol. The minimum Gasteiger partial charge on any atom is -0.497 e. The van der Waals surface area contributed by atoms with Gasteiger partial charge in [-0.3, -0.25) is 4.79 Å². The van der Waals surface area contributed by atoms with Crippen LogP contribution < -0.4 is 10.1 Å². The number of carbonyl (C=O) groups is 1. The van der Waals surface area contributed by atoms with E-state index in [4.69, 9.17) is 4.74 Å². The number of thioether (sulfide) groups is 1. The van der Waals surface area contributed by atoms with Crippen LogP contribution in [0.1, 0.15) is 0 Å². The minimum absolute atomic E-state index is 0.0934. The van der Waals surface area contributed by atoms with Gasteiger partial charge in [0.2, 0.25) is 11.1 Å². The predicted octanol–water partition coefficient (Wildman–Crippen LogP) is 1.07. The highest BCUT2D eigenvalue weighted by atomic mass is 32.2. The second-order valence-electron chi connectivity index (χ2n) is 3.95. The van der Waals surface area contributed by atoms with Gasteiger partial charge in [0.15, 0.2) is 0 Å². The SMILES string of the molecule is C=CCNC(=O)CSc1nnnn1-c1ccc(OC)cc1. The Morgan fingerprint density at radius 1 is 1.48 bits per heavy atom. The molecule has 110 valence electrons. The summed E-state index contributed by atoms with van der Waals surface area (Å²) in [5, 5.41) is 14.7. The zero-order valence-electron chi connectivity index (χ0n) is 11.5. The maximum absolute atomic E-state index is 11.6. The number of methoxy groups -OCH3 is 1. The zero-order valence-corrected chi connectivity index (χ0v) is 12.3. The van der Waals surface area contributed by atoms with Gasteiger partial charge in [-0.25, -0.2) is 0 Å². The van der Waals surface area contributed by atoms with Crippen LogP contribution in [0.2, 0.25) is 0 Å². The van der Waals surface area contributed by atoms with Crippen LogP contribution in [-0.4, -0.2) is 45.5 Å². The average molecular weight is 305 g/mol. The van der Waals surface area contributed by atoms with Gasteiger partial charge in [-0.15, -0.1) is 11.7 Å². The largest absolute Gasteiger partial charge is 0.497 e. The lowest BCUT2D eigenvalue weighted by Crippen LogP contribution is -2.25. The molecule has 21 heavy (non-hydrogen) atoms. The van der Waals surface area contributed by atoms with Crippen molar-refractivity contribution in [3.8, 4) is 11.4 Å². The van der Waals surface area contributed by atoms with E-state index in [2.05, 4.69) is 27.4 Å². The highest BCUT2D eigenvalue weighted by Gasteiger charge is 2.11. The summed E-state index contributed by atoms with van der Waals surface area (Å²) in [5.74, 6) is 0.902. The Bertz CT molecular complexity index is 611. The van der Waals surface area contributed by atoms with Crippen molar-refractivity contribution in [1.82, 2.24) is 25.5 Å². The molecule has 0 bridgehead atoms. The van der Waals surface area contributed by atoms with Crippen LogP contribution in [0.15, 0.2) is 42.1 Å². The topological polar surface area (TPSA) is 81.9 Å². The number of carbonyl (C=O) groups excluding carboxylic acids is 1. The minimum atomic E-state index is -0.0934. The lowest BCUT2D eigenvalue weighted by Gasteiger charge is -2.05. The fourth-order valence-electron chi connectivity index (χ4n) is 1.52. The smallest absolute Gasteiger partial charge is 0.230 e. The summed E-state index contributed by atoms with van der Waals surface area (Å²) in [6.07, 6.45) is 1.63. The fraction of sp³-hybridized carbons (Fsp3) is 0.231. The van der Waals surface area contributed by atoms with Gasteiger partial charge in [-0.2, -0.15) is 4.68 Å². The third kappa shape index (κ3) is 4.06. The van der Waals surface area contributed by atoms with Gasteiger partial charge in [0.05, 0.1) is 18.6 Å². The first-order valence-corrected chi connectivity index (χ1v) is 7.16. The van der Waals surface area contributed by atoms with Crippen molar-refractivity contribution in [3.63, 3.8) is 0 Å². The Morgan fingerprint density at radius 2 is 2.24 bits per heavy atom. The highest BCUT2D eigenvalue weighted by Crippen LogP contribution is 2.19. The number of ether oxygens (including phenoxy) is 1. The second-order valence-corrected chi connectivity index (χ2v) is 4.90. The number of amides is 1. The van der Waals surface area contributed by atoms with Crippen LogP contribution >= 0.6 is 11.8 Å². The molecule has 1 aromatic carbocycles. The number of nitrogens with zero attached hydrogens (tertiary/aromatic N) is 4. The number of benzene rings is 1. The van der Waals surface area contributed by atoms with E-state index in [-0.39, 0.29) is 11.7 Å². The van der Waals surface area contributed by atoms with Gasteiger partial charge in [0.25, 0.3) is 0 Å². The molecular weight excluding hydrogens is 290 g/mol. The van der Waals surface area contributed by atoms with Crippen LogP contribution in [0.4, 0.5) is 0 Å². The predicted molar refractivity (Wildman–Crippen MR) is 79.6 cm³/mol. The zero-order chi connectivity index (χ0) is 15.1. The Kier molecular flexibility index (Phi) is 5.33. The average Bonchev–Trinajstić information content (AvgIpc) is 2.99. The summed E-state index contributed by atoms with van der Waals surface area (Å²) in [4.78, 5) is 11.6. The first kappa shape index (κ1) is 15.0. The maximum atomic E-state index is 11.6. The Labute approximate surface area is 126 Å². The highest BCUT2D eigenvalue weighted by molar-refractivity contribution is 7.99. The molecule has 7 nitrogen and oxygen atoms in total. The molecule has 0 saturated carbocycles. The molecule has 0 unspecified atom stereocenters. The molecule has 2 rings (SSSR count). The molecule has 8 heteroatoms. The summed E-state index contributed by atoms with van der Waals surface area (Å²) < 4.78 is 6.68. The fourth-order valence-corrected chi connectivity index (χ4v) is 2.24. The van der Waals surface area contributed by atoms with Crippen molar-refractivity contribution in [3.05, 3.63) is 36.9 Å². The van der Waals surface area contributed by atoms with Crippen LogP contribution in [0.5, 0.6) is 5.75 Å². The molecule has 0 fully saturated rings. The van der Waals surface area contributed by atoms with Gasteiger partial charge < -0.3 is 10.1 Å². The summed E-state index contributed by atoms with van der Waals surface area (Å²) in [6.45, 7) is 3.99. The Balaban J connectivity index is 2.04. The third-order valence-corrected chi connectivity index (χ3v) is 3.45. The maximum Gasteiger partial charge on any atom is 0.230 e. The number of rotatable bonds is 7. The van der Waals surface area contributed by atoms with Crippen molar-refractivity contribution in [2.24, 2.45) is 0 Å². The second kappa shape index (κ2) is 7.44. The number of aromatic nitrogens is 4. The number of nitrogens with one attached hydrogen (secondary N) is 1. The molecule has 1 amide bonds. The van der Waals surface area contributed by atoms with Gasteiger partial charge in [0, 0.05) is 6.54 Å². The molecular formula is C13H15N5O2S. The molecule has 1 N–H and O–H groups in total. The van der Waals surface area contributed by atoms with Crippen LogP contribution in [0, 0.1) is 0 Å². The van der Waals surface area contributed by atoms with Crippen molar-refractivity contribution < 1.29 is 9.53 Å². The van der Waals surface area contributed by atoms with E-state index in [0.717, 1.165) is 11.4 Å². The van der Waals surface area contributed by atoms with E-state index in [1.807, 2.05) is 24.3 Å². The standard InChI is InChI=1S/C13H15N5O2S/c1-3-8-14-12(19)9-21-13-15-16-17-18(13)10-4-6-11(20-2)7-5-10/h3-7H,1,8-9H2,2H3,(H,14,19). The molecule has 0 saturated heterocycles. The summed E-state index contributed by atoms with van der Waals surface area (Å²) >= 11 is 1.27. The normalized spacial score (nSPS) is 10.1. The van der Waals surface area contributed by atoms with Gasteiger partial charge in [-0.05, 0) is 34.7 Å². The first-order chi connectivity index (χ1) is 10.2. The van der Waals surface area contributed by atoms with Crippen molar-refractivity contribution >= 4 is 17.7 Å². The Morgan fingerprint density at radius 3 is 2.90 bits per heavy atom. The van der Waals surface area contributed by atoms with Crippen LogP contribution in [0.25, 0.3) is 5.69 Å². The number of hydrogen-bond acceptors (Lipinski definition) is 6. The lowest BCUT2D eigenvalue weighted by atomic mass is 10.3. The first-order valence-electron chi connectivity index (χ1n) is 6.18. The molecule has 0 spiro atoms. The molecule has 1 heterocycles. The van der Waals surface area contributed by atoms with Crippen molar-refractivity contribution in [2.45, 2.75) is 5.16 Å². The van der Waals surface area contributed by atoms with E-state index in [1.54, 1.807) is 17.9 Å². The van der Waals surface area contributed by atoms with Crippen molar-refractivity contribution in [2.75, 3.05) is 19.4 Å². The van der Waals surface area contributed by atoms with Crippen LogP contribution in [0.3, 0.4) is 0 Å². The van der Waals surface area contributed by atoms with E-state index < -0.39 is 0 Å². The third-order valence-electron chi connectivity index (χ3n) is 2.53. The van der Waals surface area contributed by atoms with E-state index in [9.17, 15) is 4.79 Å². The molecule has 2 aromatic rings. The molecule has 0 radical (unpaired) electrons. The molecule has 1 aromatic heterocycles. The Hall–Kier alpha value is -2.35. The van der Waals surface area contributed by atoms with Crippen molar-refractivity contribution in [1.29, 1.82) is 0 Å². The summed E-state index contributed by atoms with van der Waals surface area (Å²) in [6, 6.07) is 7.33. The number of hydrogen-bond donors (Lipinski definition) is 1. The summed E-state index contributed by atoms with van der Waals surface area (Å²) in [7, 11) is 1.61. The van der Waals surface area contributed by atoms with E-state index in [1.165, 1.54) is 11.8 Å². The molecule has 0 aliphatic heterocycles. The van der Waals surface area contributed by atoms with E-state index >= 15 is 0 Å². The van der Waals surface area contributed by atoms with Gasteiger partial charge in [0.1, 0.15) is 5.75 Å². The number of tetrazole rings is 1. The van der Waals surface area contributed by atoms with E-state index in [0.29, 0.717) is 11.7 Å². The molecule has 0 atom stereocenters. The van der Waals surface area contributed by atoms with Gasteiger partial charge >= 0.3 is 0 Å². The lowest BCUT2D eigenvalue weighted by molar-refractivity contribution is -0.118. The summed E-state index contributed by atoms with van der Waals surface area (Å²) in [5.41, 5.74) is 0.801. The van der Waals surface area contributed by atoms with Gasteiger partial charge in [-0.1, -0.05) is 17.8 Å².